The first-order chi connectivity index (χ1) is 15.0. The highest BCUT2D eigenvalue weighted by atomic mass is 16.5. The average Bonchev–Trinajstić information content (AvgIpc) is 3.36. The van der Waals surface area contributed by atoms with Gasteiger partial charge in [0.25, 0.3) is 0 Å². The van der Waals surface area contributed by atoms with Crippen LogP contribution in [0.1, 0.15) is 70.1 Å². The van der Waals surface area contributed by atoms with Crippen molar-refractivity contribution in [3.8, 4) is 0 Å². The van der Waals surface area contributed by atoms with Crippen LogP contribution in [0.2, 0.25) is 0 Å². The van der Waals surface area contributed by atoms with E-state index in [2.05, 4.69) is 6.92 Å². The fraction of sp³-hybridized carbons (Fsp3) is 0.696. The van der Waals surface area contributed by atoms with E-state index in [1.54, 1.807) is 29.0 Å². The van der Waals surface area contributed by atoms with Crippen molar-refractivity contribution < 1.29 is 28.6 Å². The van der Waals surface area contributed by atoms with Gasteiger partial charge in [-0.05, 0) is 44.2 Å². The van der Waals surface area contributed by atoms with Crippen LogP contribution in [0.3, 0.4) is 0 Å². The zero-order valence-corrected chi connectivity index (χ0v) is 18.5. The number of methoxy groups -OCH3 is 1. The van der Waals surface area contributed by atoms with Crippen molar-refractivity contribution in [3.05, 3.63) is 24.2 Å². The maximum atomic E-state index is 13.9. The summed E-state index contributed by atoms with van der Waals surface area (Å²) in [6.07, 6.45) is 6.53. The van der Waals surface area contributed by atoms with Crippen molar-refractivity contribution >= 4 is 17.8 Å². The number of rotatable bonds is 9. The lowest BCUT2D eigenvalue weighted by molar-refractivity contribution is -0.154. The number of hydrogen-bond donors (Lipinski definition) is 1. The van der Waals surface area contributed by atoms with E-state index < -0.39 is 23.5 Å². The topological polar surface area (TPSA) is 100 Å². The highest BCUT2D eigenvalue weighted by Gasteiger charge is 2.61. The minimum absolute atomic E-state index is 0.107. The molecule has 2 saturated heterocycles. The molecule has 2 fully saturated rings. The molecule has 3 heterocycles. The molecular formula is C23H34N2O6. The van der Waals surface area contributed by atoms with Gasteiger partial charge in [-0.15, -0.1) is 0 Å². The zero-order chi connectivity index (χ0) is 22.4. The van der Waals surface area contributed by atoms with Gasteiger partial charge in [-0.3, -0.25) is 14.4 Å². The van der Waals surface area contributed by atoms with Crippen LogP contribution in [0.25, 0.3) is 0 Å². The van der Waals surface area contributed by atoms with Crippen LogP contribution in [0.15, 0.2) is 22.8 Å². The number of unbranched alkanes of at least 4 members (excludes halogenated alkanes) is 2. The van der Waals surface area contributed by atoms with E-state index >= 15 is 0 Å². The van der Waals surface area contributed by atoms with Gasteiger partial charge in [0.2, 0.25) is 11.8 Å². The molecule has 0 saturated carbocycles. The maximum Gasteiger partial charge on any atom is 0.309 e. The molecule has 8 heteroatoms. The van der Waals surface area contributed by atoms with E-state index in [1.165, 1.54) is 6.26 Å². The minimum Gasteiger partial charge on any atom is -0.481 e. The third-order valence-corrected chi connectivity index (χ3v) is 6.61. The second-order valence-electron chi connectivity index (χ2n) is 8.60. The van der Waals surface area contributed by atoms with Gasteiger partial charge in [-0.1, -0.05) is 19.8 Å². The quantitative estimate of drug-likeness (QED) is 0.599. The lowest BCUT2D eigenvalue weighted by Gasteiger charge is -2.41. The molecule has 2 aliphatic heterocycles. The summed E-state index contributed by atoms with van der Waals surface area (Å²) in [5.74, 6) is -1.81. The summed E-state index contributed by atoms with van der Waals surface area (Å²) in [7, 11) is 1.59. The second kappa shape index (κ2) is 10.3. The first-order valence-corrected chi connectivity index (χ1v) is 11.3. The molecule has 1 aromatic rings. The molecule has 3 rings (SSSR count). The third-order valence-electron chi connectivity index (χ3n) is 6.61. The Labute approximate surface area is 183 Å². The second-order valence-corrected chi connectivity index (χ2v) is 8.60. The zero-order valence-electron chi connectivity index (χ0n) is 18.5. The predicted octanol–water partition coefficient (Wildman–Crippen LogP) is 3.23. The van der Waals surface area contributed by atoms with Crippen molar-refractivity contribution in [2.24, 2.45) is 5.92 Å². The number of hydrogen-bond acceptors (Lipinski definition) is 5. The highest BCUT2D eigenvalue weighted by Crippen LogP contribution is 2.51. The molecule has 0 radical (unpaired) electrons. The van der Waals surface area contributed by atoms with Gasteiger partial charge in [0.15, 0.2) is 0 Å². The Balaban J connectivity index is 2.05. The van der Waals surface area contributed by atoms with Gasteiger partial charge >= 0.3 is 5.97 Å². The number of carbonyl (C=O) groups excluding carboxylic acids is 2. The number of likely N-dealkylation sites (tertiary alicyclic amines) is 2. The molecule has 172 valence electrons. The van der Waals surface area contributed by atoms with Gasteiger partial charge in [-0.25, -0.2) is 0 Å². The van der Waals surface area contributed by atoms with E-state index in [1.807, 2.05) is 0 Å². The van der Waals surface area contributed by atoms with Crippen LogP contribution >= 0.6 is 0 Å². The summed E-state index contributed by atoms with van der Waals surface area (Å²) in [4.78, 5) is 43.0. The van der Waals surface area contributed by atoms with Gasteiger partial charge < -0.3 is 24.1 Å². The molecule has 2 amide bonds. The predicted molar refractivity (Wildman–Crippen MR) is 113 cm³/mol. The number of carbonyl (C=O) groups is 3. The van der Waals surface area contributed by atoms with Crippen molar-refractivity contribution in [1.82, 2.24) is 9.80 Å². The first kappa shape index (κ1) is 23.3. The largest absolute Gasteiger partial charge is 0.481 e. The number of furan rings is 1. The number of amides is 2. The van der Waals surface area contributed by atoms with Crippen molar-refractivity contribution in [3.63, 3.8) is 0 Å². The summed E-state index contributed by atoms with van der Waals surface area (Å²) in [6.45, 7) is 3.48. The molecule has 1 N–H and O–H groups in total. The Bertz CT molecular complexity index is 764. The van der Waals surface area contributed by atoms with E-state index in [-0.39, 0.29) is 18.2 Å². The number of carboxylic acid groups (broad SMARTS) is 1. The third kappa shape index (κ3) is 4.63. The lowest BCUT2D eigenvalue weighted by atomic mass is 9.85. The highest BCUT2D eigenvalue weighted by molar-refractivity contribution is 5.94. The monoisotopic (exact) mass is 434 g/mol. The molecule has 8 nitrogen and oxygen atoms in total. The van der Waals surface area contributed by atoms with Crippen LogP contribution in [0, 0.1) is 5.92 Å². The van der Waals surface area contributed by atoms with Crippen LogP contribution in [-0.4, -0.2) is 65.0 Å². The van der Waals surface area contributed by atoms with E-state index in [0.29, 0.717) is 44.7 Å². The molecule has 3 atom stereocenters. The number of carboxylic acids is 1. The summed E-state index contributed by atoms with van der Waals surface area (Å²) in [6, 6.07) is 2.61. The Kier molecular flexibility index (Phi) is 7.75. The minimum atomic E-state index is -1.16. The van der Waals surface area contributed by atoms with E-state index in [4.69, 9.17) is 9.15 Å². The van der Waals surface area contributed by atoms with Crippen LogP contribution < -0.4 is 0 Å². The Morgan fingerprint density at radius 1 is 1.32 bits per heavy atom. The maximum absolute atomic E-state index is 13.9. The Hall–Kier alpha value is -2.35. The van der Waals surface area contributed by atoms with Crippen molar-refractivity contribution in [2.45, 2.75) is 69.9 Å². The van der Waals surface area contributed by atoms with E-state index in [9.17, 15) is 19.5 Å². The molecule has 0 bridgehead atoms. The van der Waals surface area contributed by atoms with E-state index in [0.717, 1.165) is 25.7 Å². The van der Waals surface area contributed by atoms with Crippen molar-refractivity contribution in [2.75, 3.05) is 26.8 Å². The Morgan fingerprint density at radius 2 is 2.13 bits per heavy atom. The molecule has 0 unspecified atom stereocenters. The molecule has 1 aromatic heterocycles. The fourth-order valence-corrected chi connectivity index (χ4v) is 5.12. The van der Waals surface area contributed by atoms with Gasteiger partial charge in [0.05, 0.1) is 18.8 Å². The van der Waals surface area contributed by atoms with Gasteiger partial charge in [0.1, 0.15) is 17.3 Å². The molecular weight excluding hydrogens is 400 g/mol. The van der Waals surface area contributed by atoms with Gasteiger partial charge in [0, 0.05) is 26.6 Å². The number of ether oxygens (including phenoxy) is 1. The van der Waals surface area contributed by atoms with Crippen LogP contribution in [0.5, 0.6) is 0 Å². The summed E-state index contributed by atoms with van der Waals surface area (Å²) >= 11 is 0. The van der Waals surface area contributed by atoms with Crippen LogP contribution in [0.4, 0.5) is 0 Å². The van der Waals surface area contributed by atoms with Gasteiger partial charge in [-0.2, -0.15) is 0 Å². The molecule has 2 aliphatic rings. The Morgan fingerprint density at radius 3 is 2.77 bits per heavy atom. The summed E-state index contributed by atoms with van der Waals surface area (Å²) in [5, 5.41) is 10.0. The lowest BCUT2D eigenvalue weighted by Crippen LogP contribution is -2.58. The normalized spacial score (nSPS) is 26.5. The fourth-order valence-electron chi connectivity index (χ4n) is 5.12. The number of nitrogens with zero attached hydrogens (tertiary/aromatic N) is 2. The average molecular weight is 435 g/mol. The molecule has 31 heavy (non-hydrogen) atoms. The summed E-state index contributed by atoms with van der Waals surface area (Å²) in [5.41, 5.74) is -1.16. The molecule has 1 spiro atoms. The van der Waals surface area contributed by atoms with Crippen molar-refractivity contribution in [1.29, 1.82) is 0 Å². The smallest absolute Gasteiger partial charge is 0.309 e. The molecule has 0 aromatic carbocycles. The SMILES string of the molecule is CCCCCC(=O)N1[C@@H](c2ccco2)[C@@H](C(=O)O)C[C@]12CCCCN(CCOC)C2=O. The standard InChI is InChI=1S/C23H34N2O6/c1-3-4-5-10-19(26)25-20(18-9-8-14-31-18)17(21(27)28)16-23(25)11-6-7-12-24(22(23)29)13-15-30-2/h8-9,14,17,20H,3-7,10-13,15-16H2,1-2H3,(H,27,28)/t17-,20+,23-/m0/s1. The summed E-state index contributed by atoms with van der Waals surface area (Å²) < 4.78 is 10.8. The van der Waals surface area contributed by atoms with Crippen LogP contribution in [-0.2, 0) is 19.1 Å². The number of aliphatic carboxylic acids is 1. The molecule has 0 aliphatic carbocycles. The first-order valence-electron chi connectivity index (χ1n) is 11.3.